The summed E-state index contributed by atoms with van der Waals surface area (Å²) < 4.78 is 31.7. The molecule has 1 aromatic carbocycles. The summed E-state index contributed by atoms with van der Waals surface area (Å²) >= 11 is 0. The van der Waals surface area contributed by atoms with Gasteiger partial charge in [0.05, 0.1) is 11.7 Å². The van der Waals surface area contributed by atoms with E-state index >= 15 is 0 Å². The molecule has 1 aliphatic heterocycles. The molecule has 0 radical (unpaired) electrons. The third-order valence-electron chi connectivity index (χ3n) is 3.18. The topological polar surface area (TPSA) is 26.3 Å². The number of carbonyl (C=O) groups excluding carboxylic acids is 1. The van der Waals surface area contributed by atoms with E-state index in [-0.39, 0.29) is 23.9 Å². The summed E-state index contributed by atoms with van der Waals surface area (Å²) in [6.45, 7) is 0.789. The molecule has 4 heteroatoms. The van der Waals surface area contributed by atoms with Crippen LogP contribution in [0.2, 0.25) is 0 Å². The molecular formula is C14H16F2O2. The Labute approximate surface area is 105 Å². The van der Waals surface area contributed by atoms with Gasteiger partial charge in [-0.1, -0.05) is 0 Å². The Morgan fingerprint density at radius 3 is 2.94 bits per heavy atom. The summed E-state index contributed by atoms with van der Waals surface area (Å²) in [5.41, 5.74) is -0.151. The molecule has 2 rings (SSSR count). The Balaban J connectivity index is 1.85. The van der Waals surface area contributed by atoms with E-state index in [9.17, 15) is 13.6 Å². The van der Waals surface area contributed by atoms with Crippen molar-refractivity contribution in [3.05, 3.63) is 35.4 Å². The van der Waals surface area contributed by atoms with E-state index in [0.29, 0.717) is 6.42 Å². The number of benzene rings is 1. The molecule has 18 heavy (non-hydrogen) atoms. The summed E-state index contributed by atoms with van der Waals surface area (Å²) in [6.07, 6.45) is 4.03. The molecule has 98 valence electrons. The van der Waals surface area contributed by atoms with Crippen LogP contribution in [0.3, 0.4) is 0 Å². The van der Waals surface area contributed by atoms with Crippen LogP contribution in [0.25, 0.3) is 0 Å². The van der Waals surface area contributed by atoms with Crippen LogP contribution in [0.5, 0.6) is 0 Å². The highest BCUT2D eigenvalue weighted by Gasteiger charge is 2.17. The van der Waals surface area contributed by atoms with Gasteiger partial charge in [-0.3, -0.25) is 4.79 Å². The average molecular weight is 254 g/mol. The first-order chi connectivity index (χ1) is 8.66. The molecule has 1 atom stereocenters. The summed E-state index contributed by atoms with van der Waals surface area (Å²) in [6, 6.07) is 2.96. The van der Waals surface area contributed by atoms with E-state index in [0.717, 1.165) is 44.1 Å². The predicted molar refractivity (Wildman–Crippen MR) is 63.5 cm³/mol. The molecule has 0 amide bonds. The molecule has 1 unspecified atom stereocenters. The van der Waals surface area contributed by atoms with Crippen molar-refractivity contribution in [2.24, 2.45) is 0 Å². The van der Waals surface area contributed by atoms with Crippen molar-refractivity contribution in [1.82, 2.24) is 0 Å². The highest BCUT2D eigenvalue weighted by Crippen LogP contribution is 2.19. The zero-order chi connectivity index (χ0) is 13.0. The van der Waals surface area contributed by atoms with E-state index in [4.69, 9.17) is 4.74 Å². The van der Waals surface area contributed by atoms with Gasteiger partial charge in [-0.05, 0) is 43.9 Å². The van der Waals surface area contributed by atoms with Crippen LogP contribution < -0.4 is 0 Å². The van der Waals surface area contributed by atoms with Gasteiger partial charge in [-0.25, -0.2) is 8.78 Å². The summed E-state index contributed by atoms with van der Waals surface area (Å²) in [5.74, 6) is -1.58. The third-order valence-corrected chi connectivity index (χ3v) is 3.18. The first-order valence-corrected chi connectivity index (χ1v) is 6.26. The van der Waals surface area contributed by atoms with Gasteiger partial charge in [0, 0.05) is 13.0 Å². The lowest BCUT2D eigenvalue weighted by Gasteiger charge is -2.08. The van der Waals surface area contributed by atoms with Crippen molar-refractivity contribution < 1.29 is 18.3 Å². The predicted octanol–water partition coefficient (Wildman–Crippen LogP) is 3.50. The van der Waals surface area contributed by atoms with Crippen molar-refractivity contribution in [2.45, 2.75) is 38.2 Å². The molecule has 0 bridgehead atoms. The van der Waals surface area contributed by atoms with Crippen LogP contribution >= 0.6 is 0 Å². The smallest absolute Gasteiger partial charge is 0.165 e. The summed E-state index contributed by atoms with van der Waals surface area (Å²) in [7, 11) is 0. The Kier molecular flexibility index (Phi) is 4.42. The number of carbonyl (C=O) groups is 1. The quantitative estimate of drug-likeness (QED) is 0.752. The summed E-state index contributed by atoms with van der Waals surface area (Å²) in [4.78, 5) is 11.7. The lowest BCUT2D eigenvalue weighted by atomic mass is 10.0. The van der Waals surface area contributed by atoms with Gasteiger partial charge >= 0.3 is 0 Å². The maximum absolute atomic E-state index is 13.3. The van der Waals surface area contributed by atoms with Crippen LogP contribution in [0, 0.1) is 11.6 Å². The molecule has 1 fully saturated rings. The second-order valence-corrected chi connectivity index (χ2v) is 4.57. The molecule has 0 aliphatic carbocycles. The van der Waals surface area contributed by atoms with E-state index < -0.39 is 11.6 Å². The van der Waals surface area contributed by atoms with E-state index in [1.54, 1.807) is 0 Å². The number of halogens is 2. The zero-order valence-corrected chi connectivity index (χ0v) is 10.1. The molecule has 0 aromatic heterocycles. The molecule has 0 saturated carbocycles. The number of rotatable bonds is 5. The van der Waals surface area contributed by atoms with Crippen molar-refractivity contribution >= 4 is 5.78 Å². The Morgan fingerprint density at radius 1 is 1.39 bits per heavy atom. The molecule has 2 nitrogen and oxygen atoms in total. The monoisotopic (exact) mass is 254 g/mol. The standard InChI is InChI=1S/C14H16F2O2/c15-10-6-7-13(16)12(9-10)14(17)5-1-3-11-4-2-8-18-11/h6-7,9,11H,1-5,8H2. The fourth-order valence-electron chi connectivity index (χ4n) is 2.21. The van der Waals surface area contributed by atoms with Crippen LogP contribution in [-0.2, 0) is 4.74 Å². The maximum atomic E-state index is 13.3. The highest BCUT2D eigenvalue weighted by molar-refractivity contribution is 5.96. The van der Waals surface area contributed by atoms with Crippen molar-refractivity contribution in [3.8, 4) is 0 Å². The van der Waals surface area contributed by atoms with Gasteiger partial charge in [0.15, 0.2) is 5.78 Å². The molecule has 1 heterocycles. The van der Waals surface area contributed by atoms with Gasteiger partial charge in [-0.15, -0.1) is 0 Å². The van der Waals surface area contributed by atoms with Gasteiger partial charge in [-0.2, -0.15) is 0 Å². The number of Topliss-reactive ketones (excluding diaryl/α,β-unsaturated/α-hetero) is 1. The number of hydrogen-bond acceptors (Lipinski definition) is 2. The Hall–Kier alpha value is -1.29. The average Bonchev–Trinajstić information content (AvgIpc) is 2.85. The van der Waals surface area contributed by atoms with Crippen molar-refractivity contribution in [2.75, 3.05) is 6.61 Å². The molecule has 1 aromatic rings. The van der Waals surface area contributed by atoms with Gasteiger partial charge in [0.1, 0.15) is 11.6 Å². The number of hydrogen-bond donors (Lipinski definition) is 0. The minimum Gasteiger partial charge on any atom is -0.378 e. The molecule has 1 saturated heterocycles. The van der Waals surface area contributed by atoms with Gasteiger partial charge in [0.2, 0.25) is 0 Å². The fraction of sp³-hybridized carbons (Fsp3) is 0.500. The zero-order valence-electron chi connectivity index (χ0n) is 10.1. The molecule has 0 N–H and O–H groups in total. The SMILES string of the molecule is O=C(CCCC1CCCO1)c1cc(F)ccc1F. The number of ether oxygens (including phenoxy) is 1. The number of ketones is 1. The van der Waals surface area contributed by atoms with Gasteiger partial charge in [0.25, 0.3) is 0 Å². The van der Waals surface area contributed by atoms with Crippen LogP contribution in [0.4, 0.5) is 8.78 Å². The first-order valence-electron chi connectivity index (χ1n) is 6.26. The molecule has 0 spiro atoms. The van der Waals surface area contributed by atoms with Crippen molar-refractivity contribution in [1.29, 1.82) is 0 Å². The van der Waals surface area contributed by atoms with E-state index in [2.05, 4.69) is 0 Å². The minimum atomic E-state index is -0.654. The second kappa shape index (κ2) is 6.05. The minimum absolute atomic E-state index is 0.151. The van der Waals surface area contributed by atoms with Crippen LogP contribution in [0.15, 0.2) is 18.2 Å². The second-order valence-electron chi connectivity index (χ2n) is 4.57. The lowest BCUT2D eigenvalue weighted by molar-refractivity contribution is 0.0920. The molecule has 1 aliphatic rings. The fourth-order valence-corrected chi connectivity index (χ4v) is 2.21. The van der Waals surface area contributed by atoms with Crippen molar-refractivity contribution in [3.63, 3.8) is 0 Å². The van der Waals surface area contributed by atoms with Crippen LogP contribution in [-0.4, -0.2) is 18.5 Å². The first kappa shape index (κ1) is 13.1. The third kappa shape index (κ3) is 3.35. The Morgan fingerprint density at radius 2 is 2.22 bits per heavy atom. The maximum Gasteiger partial charge on any atom is 0.165 e. The van der Waals surface area contributed by atoms with Crippen LogP contribution in [0.1, 0.15) is 42.5 Å². The summed E-state index contributed by atoms with van der Waals surface area (Å²) in [5, 5.41) is 0. The molecular weight excluding hydrogens is 238 g/mol. The normalized spacial score (nSPS) is 19.1. The van der Waals surface area contributed by atoms with E-state index in [1.807, 2.05) is 0 Å². The van der Waals surface area contributed by atoms with Gasteiger partial charge < -0.3 is 4.74 Å². The highest BCUT2D eigenvalue weighted by atomic mass is 19.1. The van der Waals surface area contributed by atoms with E-state index in [1.165, 1.54) is 0 Å². The largest absolute Gasteiger partial charge is 0.378 e. The Bertz CT molecular complexity index is 426. The lowest BCUT2D eigenvalue weighted by Crippen LogP contribution is -2.08.